The van der Waals surface area contributed by atoms with Gasteiger partial charge in [0.1, 0.15) is 9.84 Å². The van der Waals surface area contributed by atoms with E-state index in [0.29, 0.717) is 25.0 Å². The van der Waals surface area contributed by atoms with Gasteiger partial charge in [-0.1, -0.05) is 0 Å². The van der Waals surface area contributed by atoms with Crippen molar-refractivity contribution in [2.75, 3.05) is 23.4 Å². The summed E-state index contributed by atoms with van der Waals surface area (Å²) in [5.41, 5.74) is 1.41. The maximum absolute atomic E-state index is 11.5. The third kappa shape index (κ3) is 3.96. The Labute approximate surface area is 119 Å². The summed E-state index contributed by atoms with van der Waals surface area (Å²) in [6, 6.07) is 7.22. The van der Waals surface area contributed by atoms with Gasteiger partial charge in [0.05, 0.1) is 23.7 Å². The number of nitrogens with one attached hydrogen (secondary N) is 1. The average molecular weight is 297 g/mol. The zero-order valence-corrected chi connectivity index (χ0v) is 12.3. The monoisotopic (exact) mass is 297 g/mol. The molecule has 0 radical (unpaired) electrons. The minimum Gasteiger partial charge on any atom is -0.462 e. The van der Waals surface area contributed by atoms with E-state index in [1.807, 2.05) is 12.1 Å². The molecule has 0 spiro atoms. The molecule has 1 heterocycles. The second-order valence-corrected chi connectivity index (χ2v) is 7.17. The second kappa shape index (κ2) is 6.26. The molecule has 1 aromatic rings. The molecule has 1 aromatic carbocycles. The van der Waals surface area contributed by atoms with Crippen LogP contribution < -0.4 is 5.32 Å². The molecule has 0 aliphatic carbocycles. The Bertz CT molecular complexity index is 551. The van der Waals surface area contributed by atoms with E-state index in [0.717, 1.165) is 5.69 Å². The fourth-order valence-electron chi connectivity index (χ4n) is 2.19. The standard InChI is InChI=1S/C14H19NO4S/c1-2-19-14(16)11-3-5-12(6-4-11)15-13-7-9-20(17,18)10-8-13/h3-6,13,15H,2,7-10H2,1H3. The fourth-order valence-corrected chi connectivity index (χ4v) is 3.68. The molecular formula is C14H19NO4S. The Hall–Kier alpha value is -1.56. The lowest BCUT2D eigenvalue weighted by molar-refractivity contribution is 0.0526. The van der Waals surface area contributed by atoms with E-state index in [4.69, 9.17) is 4.74 Å². The van der Waals surface area contributed by atoms with E-state index in [9.17, 15) is 13.2 Å². The van der Waals surface area contributed by atoms with Crippen LogP contribution in [0.25, 0.3) is 0 Å². The maximum Gasteiger partial charge on any atom is 0.338 e. The highest BCUT2D eigenvalue weighted by atomic mass is 32.2. The van der Waals surface area contributed by atoms with Gasteiger partial charge in [-0.25, -0.2) is 13.2 Å². The van der Waals surface area contributed by atoms with Gasteiger partial charge in [0.25, 0.3) is 0 Å². The van der Waals surface area contributed by atoms with Gasteiger partial charge < -0.3 is 10.1 Å². The first-order valence-corrected chi connectivity index (χ1v) is 8.56. The van der Waals surface area contributed by atoms with E-state index in [2.05, 4.69) is 5.32 Å². The summed E-state index contributed by atoms with van der Waals surface area (Å²) in [6.07, 6.45) is 1.25. The van der Waals surface area contributed by atoms with Gasteiger partial charge in [0, 0.05) is 11.7 Å². The van der Waals surface area contributed by atoms with Gasteiger partial charge >= 0.3 is 5.97 Å². The van der Waals surface area contributed by atoms with Crippen LogP contribution in [0.2, 0.25) is 0 Å². The van der Waals surface area contributed by atoms with Crippen molar-refractivity contribution in [3.05, 3.63) is 29.8 Å². The van der Waals surface area contributed by atoms with Gasteiger partial charge in [-0.15, -0.1) is 0 Å². The summed E-state index contributed by atoms with van der Waals surface area (Å²) >= 11 is 0. The number of ether oxygens (including phenoxy) is 1. The van der Waals surface area contributed by atoms with Crippen molar-refractivity contribution in [2.45, 2.75) is 25.8 Å². The third-order valence-corrected chi connectivity index (χ3v) is 5.04. The first-order chi connectivity index (χ1) is 9.50. The van der Waals surface area contributed by atoms with Gasteiger partial charge in [-0.3, -0.25) is 0 Å². The van der Waals surface area contributed by atoms with E-state index in [1.54, 1.807) is 19.1 Å². The Balaban J connectivity index is 1.93. The fraction of sp³-hybridized carbons (Fsp3) is 0.500. The number of rotatable bonds is 4. The van der Waals surface area contributed by atoms with Crippen molar-refractivity contribution >= 4 is 21.5 Å². The molecule has 0 saturated carbocycles. The number of benzene rings is 1. The average Bonchev–Trinajstić information content (AvgIpc) is 2.42. The Morgan fingerprint density at radius 2 is 1.85 bits per heavy atom. The normalized spacial score (nSPS) is 18.4. The minimum atomic E-state index is -2.83. The molecule has 0 amide bonds. The van der Waals surface area contributed by atoms with E-state index < -0.39 is 9.84 Å². The molecule has 0 unspecified atom stereocenters. The predicted octanol–water partition coefficient (Wildman–Crippen LogP) is 1.85. The topological polar surface area (TPSA) is 72.5 Å². The lowest BCUT2D eigenvalue weighted by Crippen LogP contribution is -2.32. The molecule has 1 aliphatic rings. The minimum absolute atomic E-state index is 0.173. The number of hydrogen-bond donors (Lipinski definition) is 1. The quantitative estimate of drug-likeness (QED) is 0.859. The van der Waals surface area contributed by atoms with Crippen LogP contribution >= 0.6 is 0 Å². The van der Waals surface area contributed by atoms with Crippen LogP contribution in [0.3, 0.4) is 0 Å². The predicted molar refractivity (Wildman–Crippen MR) is 77.7 cm³/mol. The Morgan fingerprint density at radius 1 is 1.25 bits per heavy atom. The van der Waals surface area contributed by atoms with Crippen molar-refractivity contribution in [3.63, 3.8) is 0 Å². The summed E-state index contributed by atoms with van der Waals surface area (Å²) in [5.74, 6) is 0.153. The summed E-state index contributed by atoms with van der Waals surface area (Å²) in [4.78, 5) is 11.5. The molecule has 0 atom stereocenters. The second-order valence-electron chi connectivity index (χ2n) is 4.87. The zero-order valence-electron chi connectivity index (χ0n) is 11.5. The van der Waals surface area contributed by atoms with Crippen molar-refractivity contribution in [2.24, 2.45) is 0 Å². The number of hydrogen-bond acceptors (Lipinski definition) is 5. The third-order valence-electron chi connectivity index (χ3n) is 3.32. The van der Waals surface area contributed by atoms with Gasteiger partial charge in [0.2, 0.25) is 0 Å². The molecule has 2 rings (SSSR count). The number of sulfone groups is 1. The Morgan fingerprint density at radius 3 is 2.40 bits per heavy atom. The SMILES string of the molecule is CCOC(=O)c1ccc(NC2CCS(=O)(=O)CC2)cc1. The lowest BCUT2D eigenvalue weighted by Gasteiger charge is -2.24. The summed E-state index contributed by atoms with van der Waals surface area (Å²) in [5, 5.41) is 3.30. The molecule has 1 N–H and O–H groups in total. The van der Waals surface area contributed by atoms with Crippen LogP contribution in [0.4, 0.5) is 5.69 Å². The molecule has 5 nitrogen and oxygen atoms in total. The van der Waals surface area contributed by atoms with Crippen LogP contribution in [0, 0.1) is 0 Å². The lowest BCUT2D eigenvalue weighted by atomic mass is 10.1. The first-order valence-electron chi connectivity index (χ1n) is 6.74. The van der Waals surface area contributed by atoms with Gasteiger partial charge in [-0.05, 0) is 44.0 Å². The van der Waals surface area contributed by atoms with Crippen LogP contribution in [0.15, 0.2) is 24.3 Å². The molecule has 1 aliphatic heterocycles. The number of carbonyl (C=O) groups is 1. The number of anilines is 1. The van der Waals surface area contributed by atoms with Crippen molar-refractivity contribution in [1.29, 1.82) is 0 Å². The molecule has 0 aromatic heterocycles. The van der Waals surface area contributed by atoms with E-state index in [-0.39, 0.29) is 23.5 Å². The van der Waals surface area contributed by atoms with Crippen LogP contribution in [-0.4, -0.2) is 38.5 Å². The molecule has 1 fully saturated rings. The van der Waals surface area contributed by atoms with Crippen LogP contribution in [-0.2, 0) is 14.6 Å². The van der Waals surface area contributed by atoms with Crippen LogP contribution in [0.1, 0.15) is 30.1 Å². The maximum atomic E-state index is 11.5. The van der Waals surface area contributed by atoms with Gasteiger partial charge in [0.15, 0.2) is 0 Å². The molecule has 20 heavy (non-hydrogen) atoms. The smallest absolute Gasteiger partial charge is 0.338 e. The van der Waals surface area contributed by atoms with Gasteiger partial charge in [-0.2, -0.15) is 0 Å². The molecular weight excluding hydrogens is 278 g/mol. The van der Waals surface area contributed by atoms with Crippen molar-refractivity contribution in [3.8, 4) is 0 Å². The first kappa shape index (κ1) is 14.8. The largest absolute Gasteiger partial charge is 0.462 e. The van der Waals surface area contributed by atoms with Crippen molar-refractivity contribution < 1.29 is 17.9 Å². The van der Waals surface area contributed by atoms with E-state index >= 15 is 0 Å². The number of carbonyl (C=O) groups excluding carboxylic acids is 1. The Kier molecular flexibility index (Phi) is 4.65. The summed E-state index contributed by atoms with van der Waals surface area (Å²) in [7, 11) is -2.83. The highest BCUT2D eigenvalue weighted by Crippen LogP contribution is 2.18. The summed E-state index contributed by atoms with van der Waals surface area (Å²) in [6.45, 7) is 2.13. The highest BCUT2D eigenvalue weighted by molar-refractivity contribution is 7.91. The molecule has 0 bridgehead atoms. The zero-order chi connectivity index (χ0) is 14.6. The number of esters is 1. The highest BCUT2D eigenvalue weighted by Gasteiger charge is 2.23. The van der Waals surface area contributed by atoms with E-state index in [1.165, 1.54) is 0 Å². The van der Waals surface area contributed by atoms with Crippen molar-refractivity contribution in [1.82, 2.24) is 0 Å². The van der Waals surface area contributed by atoms with Crippen LogP contribution in [0.5, 0.6) is 0 Å². The molecule has 6 heteroatoms. The molecule has 1 saturated heterocycles. The molecule has 110 valence electrons. The summed E-state index contributed by atoms with van der Waals surface area (Å²) < 4.78 is 27.6.